The van der Waals surface area contributed by atoms with E-state index in [0.717, 1.165) is 11.3 Å². The molecule has 2 nitrogen and oxygen atoms in total. The molecule has 0 saturated carbocycles. The number of carbonyl (C=O) groups is 1. The number of carbonyl (C=O) groups excluding carboxylic acids is 1. The molecule has 0 bridgehead atoms. The highest BCUT2D eigenvalue weighted by molar-refractivity contribution is 6.63. The van der Waals surface area contributed by atoms with Gasteiger partial charge in [0, 0.05) is 5.92 Å². The lowest BCUT2D eigenvalue weighted by Gasteiger charge is -2.07. The Kier molecular flexibility index (Phi) is 4.63. The highest BCUT2D eigenvalue weighted by atomic mass is 35.5. The monoisotopic (exact) mass is 226 g/mol. The van der Waals surface area contributed by atoms with E-state index in [0.29, 0.717) is 13.0 Å². The zero-order chi connectivity index (χ0) is 11.3. The number of halogens is 1. The molecule has 0 fully saturated rings. The molecule has 1 atom stereocenters. The van der Waals surface area contributed by atoms with Gasteiger partial charge in [0.2, 0.25) is 5.24 Å². The summed E-state index contributed by atoms with van der Waals surface area (Å²) in [7, 11) is 0. The molecule has 0 saturated heterocycles. The Morgan fingerprint density at radius 1 is 1.40 bits per heavy atom. The Morgan fingerprint density at radius 3 is 2.47 bits per heavy atom. The zero-order valence-electron chi connectivity index (χ0n) is 9.00. The van der Waals surface area contributed by atoms with Gasteiger partial charge in [0.1, 0.15) is 5.75 Å². The minimum absolute atomic E-state index is 0.135. The van der Waals surface area contributed by atoms with E-state index in [-0.39, 0.29) is 11.2 Å². The first kappa shape index (κ1) is 12.1. The van der Waals surface area contributed by atoms with Crippen LogP contribution in [0.5, 0.6) is 5.75 Å². The van der Waals surface area contributed by atoms with Gasteiger partial charge in [0.25, 0.3) is 0 Å². The van der Waals surface area contributed by atoms with Gasteiger partial charge in [0.15, 0.2) is 0 Å². The normalized spacial score (nSPS) is 12.2. The van der Waals surface area contributed by atoms with Gasteiger partial charge in [-0.05, 0) is 42.6 Å². The zero-order valence-corrected chi connectivity index (χ0v) is 9.75. The van der Waals surface area contributed by atoms with Crippen LogP contribution in [-0.2, 0) is 11.2 Å². The van der Waals surface area contributed by atoms with Crippen LogP contribution in [0.3, 0.4) is 0 Å². The van der Waals surface area contributed by atoms with E-state index in [1.54, 1.807) is 0 Å². The molecule has 0 aliphatic carbocycles. The van der Waals surface area contributed by atoms with Gasteiger partial charge in [0.05, 0.1) is 6.61 Å². The molecule has 0 amide bonds. The third-order valence-electron chi connectivity index (χ3n) is 2.16. The van der Waals surface area contributed by atoms with E-state index in [4.69, 9.17) is 16.3 Å². The molecule has 0 radical (unpaired) electrons. The van der Waals surface area contributed by atoms with Crippen LogP contribution in [0, 0.1) is 5.92 Å². The van der Waals surface area contributed by atoms with Crippen LogP contribution in [0.15, 0.2) is 24.3 Å². The third-order valence-corrected chi connectivity index (χ3v) is 2.54. The Balaban J connectivity index is 2.60. The number of rotatable bonds is 5. The fourth-order valence-electron chi connectivity index (χ4n) is 1.32. The van der Waals surface area contributed by atoms with E-state index in [9.17, 15) is 4.79 Å². The molecule has 1 aromatic rings. The molecule has 82 valence electrons. The molecular weight excluding hydrogens is 212 g/mol. The average molecular weight is 227 g/mol. The van der Waals surface area contributed by atoms with Crippen molar-refractivity contribution in [1.82, 2.24) is 0 Å². The molecule has 0 N–H and O–H groups in total. The first-order valence-corrected chi connectivity index (χ1v) is 5.42. The topological polar surface area (TPSA) is 26.3 Å². The molecule has 15 heavy (non-hydrogen) atoms. The van der Waals surface area contributed by atoms with Crippen LogP contribution < -0.4 is 4.74 Å². The highest BCUT2D eigenvalue weighted by Crippen LogP contribution is 2.16. The second-order valence-electron chi connectivity index (χ2n) is 3.49. The molecule has 0 aliphatic heterocycles. The van der Waals surface area contributed by atoms with Crippen LogP contribution in [-0.4, -0.2) is 11.8 Å². The summed E-state index contributed by atoms with van der Waals surface area (Å²) in [4.78, 5) is 10.9. The van der Waals surface area contributed by atoms with Crippen molar-refractivity contribution in [2.45, 2.75) is 20.3 Å². The average Bonchev–Trinajstić information content (AvgIpc) is 2.21. The molecule has 0 aliphatic rings. The maximum Gasteiger partial charge on any atom is 0.224 e. The smallest absolute Gasteiger partial charge is 0.224 e. The van der Waals surface area contributed by atoms with Gasteiger partial charge < -0.3 is 4.74 Å². The maximum atomic E-state index is 10.9. The minimum Gasteiger partial charge on any atom is -0.494 e. The Hall–Kier alpha value is -1.02. The molecule has 1 aromatic carbocycles. The van der Waals surface area contributed by atoms with E-state index < -0.39 is 0 Å². The molecule has 0 aromatic heterocycles. The summed E-state index contributed by atoms with van der Waals surface area (Å²) >= 11 is 5.40. The summed E-state index contributed by atoms with van der Waals surface area (Å²) in [5.74, 6) is 0.718. The van der Waals surface area contributed by atoms with Crippen molar-refractivity contribution in [3.8, 4) is 5.75 Å². The molecule has 0 spiro atoms. The van der Waals surface area contributed by atoms with Gasteiger partial charge in [-0.15, -0.1) is 0 Å². The number of ether oxygens (including phenoxy) is 1. The molecule has 0 heterocycles. The summed E-state index contributed by atoms with van der Waals surface area (Å²) in [6, 6.07) is 7.73. The Labute approximate surface area is 95.2 Å². The van der Waals surface area contributed by atoms with Crippen molar-refractivity contribution in [3.05, 3.63) is 29.8 Å². The fourth-order valence-corrected chi connectivity index (χ4v) is 1.40. The lowest BCUT2D eigenvalue weighted by atomic mass is 10.0. The van der Waals surface area contributed by atoms with Crippen LogP contribution in [0.4, 0.5) is 0 Å². The second-order valence-corrected chi connectivity index (χ2v) is 3.86. The Bertz CT molecular complexity index is 319. The molecular formula is C12H15ClO2. The van der Waals surface area contributed by atoms with Gasteiger partial charge in [-0.3, -0.25) is 4.79 Å². The lowest BCUT2D eigenvalue weighted by molar-refractivity contribution is -0.114. The summed E-state index contributed by atoms with van der Waals surface area (Å²) in [5, 5.41) is -0.288. The van der Waals surface area contributed by atoms with Crippen LogP contribution in [0.25, 0.3) is 0 Å². The predicted octanol–water partition coefficient (Wildman–Crippen LogP) is 3.03. The number of hydrogen-bond donors (Lipinski definition) is 0. The molecule has 3 heteroatoms. The van der Waals surface area contributed by atoms with Crippen LogP contribution in [0.2, 0.25) is 0 Å². The van der Waals surface area contributed by atoms with E-state index in [1.165, 1.54) is 0 Å². The Morgan fingerprint density at radius 2 is 2.00 bits per heavy atom. The lowest BCUT2D eigenvalue weighted by Crippen LogP contribution is -2.07. The molecule has 1 unspecified atom stereocenters. The summed E-state index contributed by atoms with van der Waals surface area (Å²) < 4.78 is 5.32. The SMILES string of the molecule is CCOc1ccc(CC(C)C(=O)Cl)cc1. The maximum absolute atomic E-state index is 10.9. The van der Waals surface area contributed by atoms with Crippen molar-refractivity contribution >= 4 is 16.8 Å². The predicted molar refractivity (Wildman–Crippen MR) is 61.3 cm³/mol. The van der Waals surface area contributed by atoms with Crippen molar-refractivity contribution in [2.75, 3.05) is 6.61 Å². The molecule has 1 rings (SSSR count). The van der Waals surface area contributed by atoms with Gasteiger partial charge in [-0.25, -0.2) is 0 Å². The van der Waals surface area contributed by atoms with E-state index in [2.05, 4.69) is 0 Å². The second kappa shape index (κ2) is 5.76. The van der Waals surface area contributed by atoms with Crippen LogP contribution in [0.1, 0.15) is 19.4 Å². The first-order chi connectivity index (χ1) is 7.13. The number of benzene rings is 1. The minimum atomic E-state index is -0.288. The van der Waals surface area contributed by atoms with Crippen molar-refractivity contribution in [2.24, 2.45) is 5.92 Å². The summed E-state index contributed by atoms with van der Waals surface area (Å²) in [6.45, 7) is 4.43. The van der Waals surface area contributed by atoms with Gasteiger partial charge in [-0.1, -0.05) is 19.1 Å². The van der Waals surface area contributed by atoms with Crippen molar-refractivity contribution < 1.29 is 9.53 Å². The van der Waals surface area contributed by atoms with E-state index in [1.807, 2.05) is 38.1 Å². The third kappa shape index (κ3) is 3.92. The number of hydrogen-bond acceptors (Lipinski definition) is 2. The standard InChI is InChI=1S/C12H15ClO2/c1-3-15-11-6-4-10(5-7-11)8-9(2)12(13)14/h4-7,9H,3,8H2,1-2H3. The highest BCUT2D eigenvalue weighted by Gasteiger charge is 2.10. The van der Waals surface area contributed by atoms with Crippen molar-refractivity contribution in [3.63, 3.8) is 0 Å². The van der Waals surface area contributed by atoms with E-state index >= 15 is 0 Å². The fraction of sp³-hybridized carbons (Fsp3) is 0.417. The summed E-state index contributed by atoms with van der Waals surface area (Å²) in [6.07, 6.45) is 0.675. The largest absolute Gasteiger partial charge is 0.494 e. The first-order valence-electron chi connectivity index (χ1n) is 5.04. The van der Waals surface area contributed by atoms with Gasteiger partial charge >= 0.3 is 0 Å². The summed E-state index contributed by atoms with van der Waals surface area (Å²) in [5.41, 5.74) is 1.10. The van der Waals surface area contributed by atoms with Gasteiger partial charge in [-0.2, -0.15) is 0 Å². The quantitative estimate of drug-likeness (QED) is 0.722. The van der Waals surface area contributed by atoms with Crippen molar-refractivity contribution in [1.29, 1.82) is 0 Å². The van der Waals surface area contributed by atoms with Crippen LogP contribution >= 0.6 is 11.6 Å².